The van der Waals surface area contributed by atoms with E-state index in [0.29, 0.717) is 12.1 Å². The van der Waals surface area contributed by atoms with Gasteiger partial charge in [0.15, 0.2) is 0 Å². The van der Waals surface area contributed by atoms with Gasteiger partial charge in [-0.25, -0.2) is 0 Å². The van der Waals surface area contributed by atoms with Crippen LogP contribution in [0.15, 0.2) is 54.9 Å². The molecule has 0 bridgehead atoms. The summed E-state index contributed by atoms with van der Waals surface area (Å²) in [6, 6.07) is 12.9. The quantitative estimate of drug-likeness (QED) is 0.803. The maximum atomic E-state index is 12.1. The van der Waals surface area contributed by atoms with Crippen LogP contribution in [0.2, 0.25) is 0 Å². The maximum absolute atomic E-state index is 12.1. The van der Waals surface area contributed by atoms with Gasteiger partial charge < -0.3 is 10.1 Å². The normalized spacial score (nSPS) is 10.4. The zero-order valence-corrected chi connectivity index (χ0v) is 12.1. The molecule has 0 aliphatic rings. The topological polar surface area (TPSA) is 64.1 Å². The van der Waals surface area contributed by atoms with Crippen molar-refractivity contribution in [3.8, 4) is 5.75 Å². The molecule has 0 aliphatic carbocycles. The Morgan fingerprint density at radius 2 is 1.77 bits per heavy atom. The highest BCUT2D eigenvalue weighted by molar-refractivity contribution is 5.94. The van der Waals surface area contributed by atoms with Gasteiger partial charge >= 0.3 is 0 Å². The number of hydrogen-bond donors (Lipinski definition) is 1. The van der Waals surface area contributed by atoms with E-state index in [1.165, 1.54) is 0 Å². The molecule has 3 rings (SSSR count). The van der Waals surface area contributed by atoms with Gasteiger partial charge in [-0.2, -0.15) is 0 Å². The fourth-order valence-electron chi connectivity index (χ4n) is 2.17. The van der Waals surface area contributed by atoms with Crippen LogP contribution in [-0.2, 0) is 11.2 Å². The first kappa shape index (κ1) is 14.0. The van der Waals surface area contributed by atoms with E-state index in [9.17, 15) is 4.79 Å². The Morgan fingerprint density at radius 1 is 1.05 bits per heavy atom. The first-order valence-corrected chi connectivity index (χ1v) is 6.88. The number of nitrogens with zero attached hydrogens (tertiary/aromatic N) is 2. The molecule has 3 aromatic rings. The lowest BCUT2D eigenvalue weighted by Crippen LogP contribution is -2.14. The van der Waals surface area contributed by atoms with Crippen LogP contribution in [0.1, 0.15) is 5.56 Å². The number of fused-ring (bicyclic) bond motifs is 1. The number of carbonyl (C=O) groups excluding carboxylic acids is 1. The van der Waals surface area contributed by atoms with Crippen molar-refractivity contribution in [2.75, 3.05) is 12.4 Å². The molecule has 0 saturated carbocycles. The van der Waals surface area contributed by atoms with Crippen molar-refractivity contribution in [2.45, 2.75) is 6.42 Å². The van der Waals surface area contributed by atoms with Gasteiger partial charge in [-0.05, 0) is 35.9 Å². The highest BCUT2D eigenvalue weighted by Gasteiger charge is 2.05. The minimum atomic E-state index is -0.0755. The Kier molecular flexibility index (Phi) is 3.96. The summed E-state index contributed by atoms with van der Waals surface area (Å²) < 4.78 is 5.10. The van der Waals surface area contributed by atoms with Crippen molar-refractivity contribution in [1.82, 2.24) is 9.97 Å². The Morgan fingerprint density at radius 3 is 2.50 bits per heavy atom. The van der Waals surface area contributed by atoms with Gasteiger partial charge in [0.1, 0.15) is 5.75 Å². The number of anilines is 1. The van der Waals surface area contributed by atoms with Gasteiger partial charge in [-0.15, -0.1) is 0 Å². The minimum Gasteiger partial charge on any atom is -0.497 e. The van der Waals surface area contributed by atoms with Gasteiger partial charge in [0.05, 0.1) is 24.6 Å². The molecule has 0 fully saturated rings. The third-order valence-electron chi connectivity index (χ3n) is 3.28. The van der Waals surface area contributed by atoms with Gasteiger partial charge in [-0.3, -0.25) is 14.8 Å². The molecule has 22 heavy (non-hydrogen) atoms. The molecule has 110 valence electrons. The van der Waals surface area contributed by atoms with Gasteiger partial charge in [0.25, 0.3) is 0 Å². The lowest BCUT2D eigenvalue weighted by molar-refractivity contribution is -0.115. The van der Waals surface area contributed by atoms with Crippen molar-refractivity contribution >= 4 is 22.6 Å². The molecule has 5 heteroatoms. The predicted molar refractivity (Wildman–Crippen MR) is 84.9 cm³/mol. The largest absolute Gasteiger partial charge is 0.497 e. The molecule has 1 N–H and O–H groups in total. The van der Waals surface area contributed by atoms with E-state index in [4.69, 9.17) is 4.74 Å². The number of benzene rings is 2. The summed E-state index contributed by atoms with van der Waals surface area (Å²) in [4.78, 5) is 20.5. The maximum Gasteiger partial charge on any atom is 0.228 e. The number of nitrogens with one attached hydrogen (secondary N) is 1. The molecular weight excluding hydrogens is 278 g/mol. The summed E-state index contributed by atoms with van der Waals surface area (Å²) in [5.74, 6) is 0.700. The Bertz CT molecular complexity index is 800. The summed E-state index contributed by atoms with van der Waals surface area (Å²) in [5.41, 5.74) is 3.20. The number of ether oxygens (including phenoxy) is 1. The van der Waals surface area contributed by atoms with Crippen LogP contribution in [-0.4, -0.2) is 23.0 Å². The zero-order chi connectivity index (χ0) is 15.4. The molecule has 5 nitrogen and oxygen atoms in total. The van der Waals surface area contributed by atoms with Gasteiger partial charge in [0, 0.05) is 18.1 Å². The molecule has 0 radical (unpaired) electrons. The zero-order valence-electron chi connectivity index (χ0n) is 12.1. The minimum absolute atomic E-state index is 0.0755. The molecule has 0 saturated heterocycles. The predicted octanol–water partition coefficient (Wildman–Crippen LogP) is 2.82. The highest BCUT2D eigenvalue weighted by Crippen LogP contribution is 2.16. The number of carbonyl (C=O) groups is 1. The fourth-order valence-corrected chi connectivity index (χ4v) is 2.17. The van der Waals surface area contributed by atoms with E-state index in [2.05, 4.69) is 15.3 Å². The van der Waals surface area contributed by atoms with E-state index in [1.807, 2.05) is 42.5 Å². The van der Waals surface area contributed by atoms with E-state index >= 15 is 0 Å². The number of hydrogen-bond acceptors (Lipinski definition) is 4. The Balaban J connectivity index is 1.69. The Labute approximate surface area is 128 Å². The smallest absolute Gasteiger partial charge is 0.228 e. The molecule has 0 spiro atoms. The van der Waals surface area contributed by atoms with E-state index < -0.39 is 0 Å². The number of methoxy groups -OCH3 is 1. The van der Waals surface area contributed by atoms with Crippen LogP contribution in [0.3, 0.4) is 0 Å². The lowest BCUT2D eigenvalue weighted by Gasteiger charge is -2.07. The van der Waals surface area contributed by atoms with E-state index in [1.54, 1.807) is 19.5 Å². The fraction of sp³-hybridized carbons (Fsp3) is 0.118. The van der Waals surface area contributed by atoms with E-state index in [0.717, 1.165) is 22.3 Å². The Hall–Kier alpha value is -2.95. The highest BCUT2D eigenvalue weighted by atomic mass is 16.5. The van der Waals surface area contributed by atoms with Crippen molar-refractivity contribution in [3.05, 3.63) is 60.4 Å². The summed E-state index contributed by atoms with van der Waals surface area (Å²) in [7, 11) is 1.62. The average Bonchev–Trinajstić information content (AvgIpc) is 2.55. The van der Waals surface area contributed by atoms with Crippen molar-refractivity contribution < 1.29 is 9.53 Å². The molecule has 0 aliphatic heterocycles. The lowest BCUT2D eigenvalue weighted by atomic mass is 10.1. The first-order chi connectivity index (χ1) is 10.7. The number of aromatic nitrogens is 2. The van der Waals surface area contributed by atoms with Crippen LogP contribution < -0.4 is 10.1 Å². The van der Waals surface area contributed by atoms with E-state index in [-0.39, 0.29) is 5.91 Å². The molecule has 0 unspecified atom stereocenters. The van der Waals surface area contributed by atoms with Gasteiger partial charge in [0.2, 0.25) is 5.91 Å². The second kappa shape index (κ2) is 6.22. The summed E-state index contributed by atoms with van der Waals surface area (Å²) in [6.07, 6.45) is 3.58. The molecular formula is C17H15N3O2. The average molecular weight is 293 g/mol. The third-order valence-corrected chi connectivity index (χ3v) is 3.28. The van der Waals surface area contributed by atoms with Crippen LogP contribution in [0.4, 0.5) is 5.69 Å². The second-order valence-corrected chi connectivity index (χ2v) is 4.83. The van der Waals surface area contributed by atoms with Crippen molar-refractivity contribution in [2.24, 2.45) is 0 Å². The SMILES string of the molecule is COc1ccc(CC(=O)Nc2ccc3nccnc3c2)cc1. The van der Waals surface area contributed by atoms with Crippen molar-refractivity contribution in [3.63, 3.8) is 0 Å². The molecule has 1 amide bonds. The van der Waals surface area contributed by atoms with Crippen LogP contribution in [0.25, 0.3) is 11.0 Å². The molecule has 1 heterocycles. The number of amides is 1. The van der Waals surface area contributed by atoms with Crippen LogP contribution in [0.5, 0.6) is 5.75 Å². The van der Waals surface area contributed by atoms with Crippen LogP contribution >= 0.6 is 0 Å². The standard InChI is InChI=1S/C17H15N3O2/c1-22-14-5-2-12(3-6-14)10-17(21)20-13-4-7-15-16(11-13)19-9-8-18-15/h2-9,11H,10H2,1H3,(H,20,21). The van der Waals surface area contributed by atoms with Crippen molar-refractivity contribution in [1.29, 1.82) is 0 Å². The molecule has 1 aromatic heterocycles. The second-order valence-electron chi connectivity index (χ2n) is 4.83. The summed E-state index contributed by atoms with van der Waals surface area (Å²) >= 11 is 0. The summed E-state index contributed by atoms with van der Waals surface area (Å²) in [5, 5.41) is 2.87. The van der Waals surface area contributed by atoms with Gasteiger partial charge in [-0.1, -0.05) is 12.1 Å². The first-order valence-electron chi connectivity index (χ1n) is 6.88. The molecule has 0 atom stereocenters. The summed E-state index contributed by atoms with van der Waals surface area (Å²) in [6.45, 7) is 0. The number of rotatable bonds is 4. The molecule has 2 aromatic carbocycles. The monoisotopic (exact) mass is 293 g/mol. The van der Waals surface area contributed by atoms with Crippen LogP contribution in [0, 0.1) is 0 Å². The third kappa shape index (κ3) is 3.20.